The Kier molecular flexibility index (Phi) is 17.2. The van der Waals surface area contributed by atoms with Gasteiger partial charge in [-0.25, -0.2) is 0 Å². The standard InChI is InChI=1S/C10H13O4.3CO.Mn/c1-7-2-3-8(4-7)10(13)14-6-9(12)5-11;3*1-2;/h2-4,9,11-12H,5-6H2,1H3;;;;. The molecular formula is C13H13MnO7. The van der Waals surface area contributed by atoms with Crippen molar-refractivity contribution in [2.24, 2.45) is 0 Å². The van der Waals surface area contributed by atoms with E-state index in [0.29, 0.717) is 0 Å². The van der Waals surface area contributed by atoms with E-state index in [9.17, 15) is 4.79 Å². The van der Waals surface area contributed by atoms with Gasteiger partial charge < -0.3 is 0 Å². The Morgan fingerprint density at radius 2 is 1.81 bits per heavy atom. The van der Waals surface area contributed by atoms with Crippen LogP contribution in [0.25, 0.3) is 0 Å². The Balaban J connectivity index is -0.000000478. The number of ether oxygens (including phenoxy) is 1. The first-order chi connectivity index (χ1) is 9.98. The van der Waals surface area contributed by atoms with Crippen molar-refractivity contribution in [2.75, 3.05) is 13.2 Å². The summed E-state index contributed by atoms with van der Waals surface area (Å²) in [5.41, 5.74) is 0.964. The SMILES string of the molecule is CC1=C[C]([Mn])(C(=O)OCC(O)CO)C=C1.[C]=O.[C]=O.[C]=O. The van der Waals surface area contributed by atoms with Crippen LogP contribution in [0.2, 0.25) is 4.31 Å². The van der Waals surface area contributed by atoms with E-state index >= 15 is 0 Å². The Morgan fingerprint density at radius 1 is 1.33 bits per heavy atom. The summed E-state index contributed by atoms with van der Waals surface area (Å²) >= 11 is 3.24. The summed E-state index contributed by atoms with van der Waals surface area (Å²) in [6.07, 6.45) is 4.18. The minimum Gasteiger partial charge on any atom is -0.281 e. The monoisotopic (exact) mass is 336 g/mol. The normalized spacial score (nSPS) is 19.3. The van der Waals surface area contributed by atoms with Gasteiger partial charge in [-0.1, -0.05) is 0 Å². The maximum Gasteiger partial charge on any atom is 0.281 e. The zero-order valence-electron chi connectivity index (χ0n) is 11.0. The van der Waals surface area contributed by atoms with Gasteiger partial charge in [0.2, 0.25) is 0 Å². The van der Waals surface area contributed by atoms with Gasteiger partial charge in [-0.3, -0.25) is 14.4 Å². The van der Waals surface area contributed by atoms with E-state index < -0.39 is 23.0 Å². The molecule has 0 aromatic carbocycles. The first-order valence-corrected chi connectivity index (χ1v) is 5.72. The number of hydrogen-bond donors (Lipinski definition) is 2. The molecule has 2 N–H and O–H groups in total. The molecule has 7 nitrogen and oxygen atoms in total. The van der Waals surface area contributed by atoms with Gasteiger partial charge in [0.05, 0.1) is 0 Å². The Labute approximate surface area is 131 Å². The number of esters is 1. The maximum absolute atomic E-state index is 11.6. The molecule has 21 heavy (non-hydrogen) atoms. The van der Waals surface area contributed by atoms with Crippen molar-refractivity contribution < 1.29 is 50.1 Å². The van der Waals surface area contributed by atoms with Crippen molar-refractivity contribution in [3.8, 4) is 0 Å². The zero-order valence-corrected chi connectivity index (χ0v) is 12.2. The second-order valence-corrected chi connectivity index (χ2v) is 4.40. The van der Waals surface area contributed by atoms with Crippen molar-refractivity contribution >= 4 is 26.3 Å². The number of hydrogen-bond acceptors (Lipinski definition) is 7. The third-order valence-electron chi connectivity index (χ3n) is 1.96. The maximum atomic E-state index is 11.6. The fourth-order valence-corrected chi connectivity index (χ4v) is 1.59. The molecule has 0 spiro atoms. The number of aliphatic hydroxyl groups is 2. The summed E-state index contributed by atoms with van der Waals surface area (Å²) in [6.45, 7) is 14.7. The third kappa shape index (κ3) is 9.86. The van der Waals surface area contributed by atoms with Crippen LogP contribution in [-0.2, 0) is 39.9 Å². The molecule has 0 aromatic heterocycles. The first kappa shape index (κ1) is 24.4. The molecule has 2 atom stereocenters. The molecule has 6 radical (unpaired) electrons. The molecule has 1 rings (SSSR count). The second-order valence-electron chi connectivity index (χ2n) is 3.42. The van der Waals surface area contributed by atoms with Crippen LogP contribution < -0.4 is 0 Å². The van der Waals surface area contributed by atoms with E-state index in [1.165, 1.54) is 0 Å². The quantitative estimate of drug-likeness (QED) is 0.495. The van der Waals surface area contributed by atoms with Crippen LogP contribution >= 0.6 is 0 Å². The molecule has 0 aromatic rings. The molecule has 0 aliphatic heterocycles. The van der Waals surface area contributed by atoms with Crippen molar-refractivity contribution in [3.63, 3.8) is 0 Å². The third-order valence-corrected chi connectivity index (χ3v) is 2.56. The molecule has 0 heterocycles. The average molecular weight is 336 g/mol. The Morgan fingerprint density at radius 3 is 2.14 bits per heavy atom. The van der Waals surface area contributed by atoms with Crippen LogP contribution in [0, 0.1) is 0 Å². The summed E-state index contributed by atoms with van der Waals surface area (Å²) in [7, 11) is 0. The van der Waals surface area contributed by atoms with E-state index in [1.54, 1.807) is 18.2 Å². The summed E-state index contributed by atoms with van der Waals surface area (Å²) in [6, 6.07) is 0. The smallest absolute Gasteiger partial charge is 0.281 e. The van der Waals surface area contributed by atoms with Crippen molar-refractivity contribution in [2.45, 2.75) is 17.3 Å². The minimum atomic E-state index is -1.03. The van der Waals surface area contributed by atoms with E-state index in [2.05, 4.69) is 36.4 Å². The summed E-state index contributed by atoms with van der Waals surface area (Å²) in [5, 5.41) is 17.5. The average Bonchev–Trinajstić information content (AvgIpc) is 2.91. The molecule has 0 amide bonds. The number of carbonyl (C=O) groups is 1. The molecule has 0 saturated heterocycles. The predicted octanol–water partition coefficient (Wildman–Crippen LogP) is -1.09. The van der Waals surface area contributed by atoms with Crippen LogP contribution in [0.15, 0.2) is 23.8 Å². The summed E-state index contributed by atoms with van der Waals surface area (Å²) < 4.78 is 3.91. The second kappa shape index (κ2) is 14.8. The molecule has 2 unspecified atom stereocenters. The number of rotatable bonds is 4. The zero-order chi connectivity index (χ0) is 17.5. The number of carbonyl (C=O) groups excluding carboxylic acids is 4. The predicted molar refractivity (Wildman–Crippen MR) is 66.7 cm³/mol. The van der Waals surface area contributed by atoms with Crippen molar-refractivity contribution in [1.29, 1.82) is 0 Å². The van der Waals surface area contributed by atoms with Gasteiger partial charge >= 0.3 is 96.1 Å². The van der Waals surface area contributed by atoms with Gasteiger partial charge in [0.15, 0.2) is 0 Å². The molecule has 114 valence electrons. The molecule has 0 saturated carbocycles. The van der Waals surface area contributed by atoms with Gasteiger partial charge in [0.25, 0.3) is 20.4 Å². The van der Waals surface area contributed by atoms with E-state index in [-0.39, 0.29) is 6.61 Å². The first-order valence-electron chi connectivity index (χ1n) is 5.13. The van der Waals surface area contributed by atoms with Crippen molar-refractivity contribution in [1.82, 2.24) is 0 Å². The molecule has 8 heteroatoms. The topological polar surface area (TPSA) is 118 Å². The van der Waals surface area contributed by atoms with Crippen LogP contribution in [0.3, 0.4) is 0 Å². The van der Waals surface area contributed by atoms with Crippen LogP contribution in [0.4, 0.5) is 0 Å². The number of aliphatic hydroxyl groups excluding tert-OH is 2. The van der Waals surface area contributed by atoms with Gasteiger partial charge in [0.1, 0.15) is 0 Å². The molecular weight excluding hydrogens is 323 g/mol. The number of allylic oxidation sites excluding steroid dienone is 2. The van der Waals surface area contributed by atoms with E-state index in [1.807, 2.05) is 6.92 Å². The van der Waals surface area contributed by atoms with Gasteiger partial charge in [-0.2, -0.15) is 0 Å². The van der Waals surface area contributed by atoms with Crippen LogP contribution in [-0.4, -0.2) is 55.9 Å². The van der Waals surface area contributed by atoms with E-state index in [4.69, 9.17) is 29.3 Å². The molecule has 0 bridgehead atoms. The largest absolute Gasteiger partial charge is 0.281 e. The van der Waals surface area contributed by atoms with Crippen molar-refractivity contribution in [3.05, 3.63) is 23.8 Å². The van der Waals surface area contributed by atoms with Crippen LogP contribution in [0.5, 0.6) is 0 Å². The Hall–Kier alpha value is -1.60. The fraction of sp³-hybridized carbons (Fsp3) is 0.385. The Bertz CT molecular complexity index is 352. The van der Waals surface area contributed by atoms with E-state index in [0.717, 1.165) is 5.57 Å². The molecule has 0 fully saturated rings. The van der Waals surface area contributed by atoms with Gasteiger partial charge in [-0.05, 0) is 0 Å². The van der Waals surface area contributed by atoms with Gasteiger partial charge in [0, 0.05) is 0 Å². The summed E-state index contributed by atoms with van der Waals surface area (Å²) in [4.78, 5) is 34.1. The molecule has 1 aliphatic carbocycles. The van der Waals surface area contributed by atoms with Gasteiger partial charge in [-0.15, -0.1) is 0 Å². The minimum absolute atomic E-state index is 0.205. The van der Waals surface area contributed by atoms with Crippen LogP contribution in [0.1, 0.15) is 6.92 Å². The molecule has 1 aliphatic rings. The summed E-state index contributed by atoms with van der Waals surface area (Å²) in [5.74, 6) is -0.497. The fourth-order valence-electron chi connectivity index (χ4n) is 1.14.